The van der Waals surface area contributed by atoms with Crippen LogP contribution in [0.25, 0.3) is 0 Å². The highest BCUT2D eigenvalue weighted by atomic mass is 33.1. The molecule has 6 heteroatoms. The van der Waals surface area contributed by atoms with Gasteiger partial charge < -0.3 is 21.3 Å². The molecule has 0 radical (unpaired) electrons. The van der Waals surface area contributed by atoms with E-state index in [1.165, 1.54) is 111 Å². The number of hydrogen-bond donors (Lipinski definition) is 4. The fraction of sp³-hybridized carbons (Fsp3) is 0.647. The van der Waals surface area contributed by atoms with Gasteiger partial charge in [-0.1, -0.05) is 109 Å². The van der Waals surface area contributed by atoms with Crippen molar-refractivity contribution in [3.8, 4) is 0 Å². The maximum absolute atomic E-state index is 3.61. The van der Waals surface area contributed by atoms with E-state index < -0.39 is 0 Å². The van der Waals surface area contributed by atoms with Gasteiger partial charge in [-0.3, -0.25) is 0 Å². The van der Waals surface area contributed by atoms with E-state index in [-0.39, 0.29) is 0 Å². The summed E-state index contributed by atoms with van der Waals surface area (Å²) in [7, 11) is 4.03. The molecule has 0 spiro atoms. The summed E-state index contributed by atoms with van der Waals surface area (Å²) in [5.41, 5.74) is 5.62. The second-order valence-electron chi connectivity index (χ2n) is 10.9. The molecule has 4 N–H and O–H groups in total. The zero-order chi connectivity index (χ0) is 28.4. The lowest BCUT2D eigenvalue weighted by atomic mass is 10.1. The smallest absolute Gasteiger partial charge is 0.0208 e. The maximum atomic E-state index is 3.61. The average molecular weight is 587 g/mol. The fourth-order valence-electron chi connectivity index (χ4n) is 4.72. The summed E-state index contributed by atoms with van der Waals surface area (Å²) >= 11 is 0. The van der Waals surface area contributed by atoms with Crippen molar-refractivity contribution in [3.63, 3.8) is 0 Å². The minimum atomic E-state index is 0.998. The van der Waals surface area contributed by atoms with Crippen LogP contribution in [0.15, 0.2) is 48.5 Å². The number of unbranched alkanes of at least 4 members (excludes halogenated alkanes) is 8. The van der Waals surface area contributed by atoms with E-state index in [1.54, 1.807) is 0 Å². The standard InChI is InChI=1S/C34H58N4S2/c1-31-17-9-11-19-33(31)29-37-23-15-7-3-5-13-21-35-25-27-39-40-28-26-36-22-14-6-4-8-16-24-38-30-34-20-12-10-18-32(34)2/h9-12,17-20,35-38H,3-8,13-16,21-30H2,1-2H3. The van der Waals surface area contributed by atoms with Crippen molar-refractivity contribution in [2.75, 3.05) is 50.8 Å². The Hall–Kier alpha value is -1.02. The summed E-state index contributed by atoms with van der Waals surface area (Å²) in [4.78, 5) is 0. The minimum absolute atomic E-state index is 0.998. The van der Waals surface area contributed by atoms with Crippen LogP contribution in [0.2, 0.25) is 0 Å². The predicted molar refractivity (Wildman–Crippen MR) is 183 cm³/mol. The Kier molecular flexibility index (Phi) is 22.6. The van der Waals surface area contributed by atoms with Gasteiger partial charge in [-0.05, 0) is 88.0 Å². The van der Waals surface area contributed by atoms with Crippen molar-refractivity contribution in [2.45, 2.75) is 91.1 Å². The van der Waals surface area contributed by atoms with Crippen LogP contribution in [0.5, 0.6) is 0 Å². The van der Waals surface area contributed by atoms with Gasteiger partial charge in [-0.2, -0.15) is 0 Å². The van der Waals surface area contributed by atoms with Crippen LogP contribution in [0, 0.1) is 13.8 Å². The molecule has 2 aromatic rings. The molecule has 0 aliphatic heterocycles. The van der Waals surface area contributed by atoms with E-state index >= 15 is 0 Å². The summed E-state index contributed by atoms with van der Waals surface area (Å²) in [6.07, 6.45) is 13.3. The van der Waals surface area contributed by atoms with Crippen LogP contribution < -0.4 is 21.3 Å². The van der Waals surface area contributed by atoms with E-state index in [4.69, 9.17) is 0 Å². The number of aryl methyl sites for hydroxylation is 2. The lowest BCUT2D eigenvalue weighted by Gasteiger charge is -2.08. The molecular formula is C34H58N4S2. The van der Waals surface area contributed by atoms with Crippen molar-refractivity contribution in [1.82, 2.24) is 21.3 Å². The van der Waals surface area contributed by atoms with Crippen molar-refractivity contribution < 1.29 is 0 Å². The molecule has 0 atom stereocenters. The number of hydrogen-bond acceptors (Lipinski definition) is 6. The Morgan fingerprint density at radius 2 is 0.775 bits per heavy atom. The fourth-order valence-corrected chi connectivity index (χ4v) is 6.62. The molecule has 0 saturated heterocycles. The molecule has 0 aliphatic rings. The normalized spacial score (nSPS) is 11.3. The predicted octanol–water partition coefficient (Wildman–Crippen LogP) is 7.64. The summed E-state index contributed by atoms with van der Waals surface area (Å²) in [5, 5.41) is 14.4. The Labute approximate surface area is 254 Å². The zero-order valence-electron chi connectivity index (χ0n) is 25.6. The van der Waals surface area contributed by atoms with Gasteiger partial charge in [0, 0.05) is 37.7 Å². The van der Waals surface area contributed by atoms with Crippen molar-refractivity contribution >= 4 is 21.6 Å². The van der Waals surface area contributed by atoms with E-state index in [2.05, 4.69) is 83.6 Å². The van der Waals surface area contributed by atoms with E-state index in [0.29, 0.717) is 0 Å². The summed E-state index contributed by atoms with van der Waals surface area (Å²) in [6, 6.07) is 17.3. The van der Waals surface area contributed by atoms with Crippen LogP contribution in [0.3, 0.4) is 0 Å². The lowest BCUT2D eigenvalue weighted by molar-refractivity contribution is 0.560. The summed E-state index contributed by atoms with van der Waals surface area (Å²) in [5.74, 6) is 2.41. The van der Waals surface area contributed by atoms with Crippen LogP contribution >= 0.6 is 21.6 Å². The molecule has 2 aromatic carbocycles. The molecular weight excluding hydrogens is 529 g/mol. The zero-order valence-corrected chi connectivity index (χ0v) is 27.2. The van der Waals surface area contributed by atoms with Gasteiger partial charge in [-0.25, -0.2) is 0 Å². The summed E-state index contributed by atoms with van der Waals surface area (Å²) < 4.78 is 0. The van der Waals surface area contributed by atoms with Crippen LogP contribution in [0.4, 0.5) is 0 Å². The van der Waals surface area contributed by atoms with Gasteiger partial charge in [0.2, 0.25) is 0 Å². The molecule has 40 heavy (non-hydrogen) atoms. The molecule has 0 amide bonds. The third kappa shape index (κ3) is 19.2. The second kappa shape index (κ2) is 25.7. The van der Waals surface area contributed by atoms with Crippen molar-refractivity contribution in [1.29, 1.82) is 0 Å². The number of benzene rings is 2. The quantitative estimate of drug-likeness (QED) is 0.0637. The third-order valence-corrected chi connectivity index (χ3v) is 9.78. The van der Waals surface area contributed by atoms with E-state index in [0.717, 1.165) is 39.3 Å². The van der Waals surface area contributed by atoms with E-state index in [9.17, 15) is 0 Å². The molecule has 0 heterocycles. The van der Waals surface area contributed by atoms with Crippen LogP contribution in [-0.2, 0) is 13.1 Å². The molecule has 0 saturated carbocycles. The number of nitrogens with one attached hydrogen (secondary N) is 4. The first-order valence-electron chi connectivity index (χ1n) is 15.9. The Morgan fingerprint density at radius 3 is 1.18 bits per heavy atom. The van der Waals surface area contributed by atoms with Crippen molar-refractivity contribution in [2.24, 2.45) is 0 Å². The second-order valence-corrected chi connectivity index (χ2v) is 13.6. The Morgan fingerprint density at radius 1 is 0.425 bits per heavy atom. The Balaban J connectivity index is 1.19. The van der Waals surface area contributed by atoms with Gasteiger partial charge in [0.25, 0.3) is 0 Å². The largest absolute Gasteiger partial charge is 0.316 e. The monoisotopic (exact) mass is 586 g/mol. The molecule has 0 fully saturated rings. The highest BCUT2D eigenvalue weighted by Crippen LogP contribution is 2.19. The maximum Gasteiger partial charge on any atom is 0.0208 e. The average Bonchev–Trinajstić information content (AvgIpc) is 2.96. The van der Waals surface area contributed by atoms with Gasteiger partial charge >= 0.3 is 0 Å². The first-order valence-corrected chi connectivity index (χ1v) is 18.4. The van der Waals surface area contributed by atoms with Gasteiger partial charge in [0.05, 0.1) is 0 Å². The first kappa shape index (κ1) is 35.2. The van der Waals surface area contributed by atoms with Gasteiger partial charge in [0.15, 0.2) is 0 Å². The molecule has 0 aliphatic carbocycles. The molecule has 0 bridgehead atoms. The molecule has 0 unspecified atom stereocenters. The van der Waals surface area contributed by atoms with Crippen LogP contribution in [-0.4, -0.2) is 50.8 Å². The third-order valence-electron chi connectivity index (χ3n) is 7.38. The topological polar surface area (TPSA) is 48.1 Å². The Bertz CT molecular complexity index is 779. The van der Waals surface area contributed by atoms with E-state index in [1.807, 2.05) is 21.6 Å². The molecule has 2 rings (SSSR count). The molecule has 226 valence electrons. The van der Waals surface area contributed by atoms with Gasteiger partial charge in [0.1, 0.15) is 0 Å². The number of rotatable bonds is 27. The van der Waals surface area contributed by atoms with Gasteiger partial charge in [-0.15, -0.1) is 0 Å². The lowest BCUT2D eigenvalue weighted by Crippen LogP contribution is -2.19. The summed E-state index contributed by atoms with van der Waals surface area (Å²) in [6.45, 7) is 13.3. The van der Waals surface area contributed by atoms with Crippen LogP contribution in [0.1, 0.15) is 86.5 Å². The highest BCUT2D eigenvalue weighted by molar-refractivity contribution is 8.76. The highest BCUT2D eigenvalue weighted by Gasteiger charge is 1.98. The SMILES string of the molecule is Cc1ccccc1CNCCCCCCCNCCSSCCNCCCCCCCNCc1ccccc1C. The molecule has 0 aromatic heterocycles. The minimum Gasteiger partial charge on any atom is -0.316 e. The van der Waals surface area contributed by atoms with Crippen molar-refractivity contribution in [3.05, 3.63) is 70.8 Å². The first-order chi connectivity index (χ1) is 19.8. The molecule has 4 nitrogen and oxygen atoms in total.